The Labute approximate surface area is 60.1 Å². The van der Waals surface area contributed by atoms with E-state index < -0.39 is 0 Å². The minimum absolute atomic E-state index is 0.439. The second-order valence-electron chi connectivity index (χ2n) is 1.70. The molecule has 0 aromatic heterocycles. The molecule has 0 atom stereocenters. The standard InChI is InChI=1S/C6H10ClNO/c1-6(2)8-9-5-3-4-7/h3-4H,5H2,1-2H3. The first kappa shape index (κ1) is 8.50. The SMILES string of the molecule is CC(C)=NOCC=CCl. The molecule has 0 N–H and O–H groups in total. The van der Waals surface area contributed by atoms with Crippen LogP contribution in [0.15, 0.2) is 16.8 Å². The summed E-state index contributed by atoms with van der Waals surface area (Å²) < 4.78 is 0. The normalized spacial score (nSPS) is 9.67. The van der Waals surface area contributed by atoms with Crippen LogP contribution < -0.4 is 0 Å². The molecule has 52 valence electrons. The lowest BCUT2D eigenvalue weighted by atomic mass is 10.5. The van der Waals surface area contributed by atoms with E-state index in [-0.39, 0.29) is 0 Å². The van der Waals surface area contributed by atoms with Crippen LogP contribution in [0.3, 0.4) is 0 Å². The van der Waals surface area contributed by atoms with Crippen molar-refractivity contribution in [2.75, 3.05) is 6.61 Å². The van der Waals surface area contributed by atoms with E-state index in [9.17, 15) is 0 Å². The second kappa shape index (κ2) is 5.63. The monoisotopic (exact) mass is 147 g/mol. The van der Waals surface area contributed by atoms with Gasteiger partial charge in [0.1, 0.15) is 6.61 Å². The minimum Gasteiger partial charge on any atom is -0.392 e. The van der Waals surface area contributed by atoms with Crippen molar-refractivity contribution in [2.45, 2.75) is 13.8 Å². The van der Waals surface area contributed by atoms with Crippen molar-refractivity contribution in [1.82, 2.24) is 0 Å². The zero-order valence-corrected chi connectivity index (χ0v) is 6.35. The largest absolute Gasteiger partial charge is 0.392 e. The highest BCUT2D eigenvalue weighted by Gasteiger charge is 1.76. The highest BCUT2D eigenvalue weighted by molar-refractivity contribution is 6.25. The quantitative estimate of drug-likeness (QED) is 0.341. The van der Waals surface area contributed by atoms with Crippen LogP contribution in [0.4, 0.5) is 0 Å². The van der Waals surface area contributed by atoms with Gasteiger partial charge in [0.05, 0.1) is 5.71 Å². The number of hydrogen-bond acceptors (Lipinski definition) is 2. The average molecular weight is 148 g/mol. The van der Waals surface area contributed by atoms with Gasteiger partial charge in [0.2, 0.25) is 0 Å². The van der Waals surface area contributed by atoms with Crippen LogP contribution in [0.5, 0.6) is 0 Å². The van der Waals surface area contributed by atoms with E-state index in [2.05, 4.69) is 5.16 Å². The van der Waals surface area contributed by atoms with Crippen molar-refractivity contribution in [1.29, 1.82) is 0 Å². The maximum Gasteiger partial charge on any atom is 0.136 e. The van der Waals surface area contributed by atoms with Crippen molar-refractivity contribution in [3.63, 3.8) is 0 Å². The third-order valence-electron chi connectivity index (χ3n) is 0.507. The highest BCUT2D eigenvalue weighted by Crippen LogP contribution is 1.82. The maximum absolute atomic E-state index is 5.21. The molecule has 0 aliphatic carbocycles. The number of nitrogens with zero attached hydrogens (tertiary/aromatic N) is 1. The van der Waals surface area contributed by atoms with Gasteiger partial charge in [0.15, 0.2) is 0 Å². The Morgan fingerprint density at radius 2 is 2.33 bits per heavy atom. The van der Waals surface area contributed by atoms with E-state index >= 15 is 0 Å². The smallest absolute Gasteiger partial charge is 0.136 e. The van der Waals surface area contributed by atoms with E-state index in [0.717, 1.165) is 5.71 Å². The highest BCUT2D eigenvalue weighted by atomic mass is 35.5. The first-order valence-electron chi connectivity index (χ1n) is 2.65. The fraction of sp³-hybridized carbons (Fsp3) is 0.500. The van der Waals surface area contributed by atoms with E-state index in [0.29, 0.717) is 6.61 Å². The fourth-order valence-electron chi connectivity index (χ4n) is 0.246. The molecule has 0 saturated heterocycles. The van der Waals surface area contributed by atoms with Crippen LogP contribution >= 0.6 is 11.6 Å². The number of halogens is 1. The van der Waals surface area contributed by atoms with Gasteiger partial charge in [-0.05, 0) is 19.9 Å². The summed E-state index contributed by atoms with van der Waals surface area (Å²) >= 11 is 5.21. The van der Waals surface area contributed by atoms with Crippen LogP contribution in [0, 0.1) is 0 Å². The second-order valence-corrected chi connectivity index (χ2v) is 1.95. The Kier molecular flexibility index (Phi) is 5.32. The maximum atomic E-state index is 5.21. The van der Waals surface area contributed by atoms with Crippen molar-refractivity contribution < 1.29 is 4.84 Å². The fourth-order valence-corrected chi connectivity index (χ4v) is 0.319. The van der Waals surface area contributed by atoms with E-state index in [1.54, 1.807) is 6.08 Å². The first-order chi connectivity index (χ1) is 4.27. The summed E-state index contributed by atoms with van der Waals surface area (Å²) in [7, 11) is 0. The van der Waals surface area contributed by atoms with Crippen molar-refractivity contribution in [2.24, 2.45) is 5.16 Å². The molecule has 0 fully saturated rings. The molecular weight excluding hydrogens is 138 g/mol. The predicted molar refractivity (Wildman–Crippen MR) is 39.7 cm³/mol. The summed E-state index contributed by atoms with van der Waals surface area (Å²) in [6.45, 7) is 4.17. The molecule has 0 amide bonds. The summed E-state index contributed by atoms with van der Waals surface area (Å²) in [5.41, 5.74) is 2.30. The Morgan fingerprint density at radius 1 is 1.67 bits per heavy atom. The van der Waals surface area contributed by atoms with E-state index in [1.165, 1.54) is 5.54 Å². The molecular formula is C6H10ClNO. The molecule has 0 aromatic carbocycles. The Morgan fingerprint density at radius 3 is 2.78 bits per heavy atom. The molecule has 0 saturated carbocycles. The molecule has 0 aliphatic rings. The molecule has 0 spiro atoms. The summed E-state index contributed by atoms with van der Waals surface area (Å²) in [5.74, 6) is 0. The van der Waals surface area contributed by atoms with Gasteiger partial charge in [-0.3, -0.25) is 0 Å². The van der Waals surface area contributed by atoms with Crippen molar-refractivity contribution in [3.8, 4) is 0 Å². The molecule has 0 aliphatic heterocycles. The number of oxime groups is 1. The van der Waals surface area contributed by atoms with Gasteiger partial charge < -0.3 is 4.84 Å². The summed E-state index contributed by atoms with van der Waals surface area (Å²) in [6, 6.07) is 0. The predicted octanol–water partition coefficient (Wildman–Crippen LogP) is 2.15. The number of rotatable bonds is 3. The Balaban J connectivity index is 3.20. The van der Waals surface area contributed by atoms with Gasteiger partial charge >= 0.3 is 0 Å². The summed E-state index contributed by atoms with van der Waals surface area (Å²) in [6.07, 6.45) is 1.67. The van der Waals surface area contributed by atoms with E-state index in [4.69, 9.17) is 16.4 Å². The average Bonchev–Trinajstić information content (AvgIpc) is 1.80. The molecule has 0 aromatic rings. The van der Waals surface area contributed by atoms with Crippen LogP contribution in [0.1, 0.15) is 13.8 Å². The topological polar surface area (TPSA) is 21.6 Å². The minimum atomic E-state index is 0.439. The molecule has 0 unspecified atom stereocenters. The van der Waals surface area contributed by atoms with Crippen LogP contribution in [-0.4, -0.2) is 12.3 Å². The lowest BCUT2D eigenvalue weighted by Gasteiger charge is -1.91. The Hall–Kier alpha value is -0.500. The third kappa shape index (κ3) is 7.50. The molecule has 0 bridgehead atoms. The van der Waals surface area contributed by atoms with Gasteiger partial charge in [-0.15, -0.1) is 0 Å². The lowest BCUT2D eigenvalue weighted by Crippen LogP contribution is -1.86. The Bertz CT molecular complexity index is 116. The molecule has 0 heterocycles. The molecule has 3 heteroatoms. The summed E-state index contributed by atoms with van der Waals surface area (Å²) in [4.78, 5) is 4.75. The zero-order valence-electron chi connectivity index (χ0n) is 5.60. The van der Waals surface area contributed by atoms with Gasteiger partial charge in [-0.2, -0.15) is 0 Å². The lowest BCUT2D eigenvalue weighted by molar-refractivity contribution is 0.174. The van der Waals surface area contributed by atoms with Gasteiger partial charge in [-0.1, -0.05) is 16.8 Å². The van der Waals surface area contributed by atoms with Crippen molar-refractivity contribution >= 4 is 17.3 Å². The van der Waals surface area contributed by atoms with Gasteiger partial charge in [0.25, 0.3) is 0 Å². The van der Waals surface area contributed by atoms with Gasteiger partial charge in [0, 0.05) is 5.54 Å². The van der Waals surface area contributed by atoms with E-state index in [1.807, 2.05) is 13.8 Å². The zero-order chi connectivity index (χ0) is 7.11. The van der Waals surface area contributed by atoms with Gasteiger partial charge in [-0.25, -0.2) is 0 Å². The molecule has 9 heavy (non-hydrogen) atoms. The van der Waals surface area contributed by atoms with Crippen LogP contribution in [0.25, 0.3) is 0 Å². The molecule has 2 nitrogen and oxygen atoms in total. The first-order valence-corrected chi connectivity index (χ1v) is 3.09. The summed E-state index contributed by atoms with van der Waals surface area (Å²) in [5, 5.41) is 3.67. The molecule has 0 rings (SSSR count). The molecule has 0 radical (unpaired) electrons. The van der Waals surface area contributed by atoms with Crippen LogP contribution in [0.2, 0.25) is 0 Å². The van der Waals surface area contributed by atoms with Crippen LogP contribution in [-0.2, 0) is 4.84 Å². The number of hydrogen-bond donors (Lipinski definition) is 0. The van der Waals surface area contributed by atoms with Crippen molar-refractivity contribution in [3.05, 3.63) is 11.6 Å². The third-order valence-corrected chi connectivity index (χ3v) is 0.685.